The Hall–Kier alpha value is -3.32. The molecule has 1 aromatic heterocycles. The van der Waals surface area contributed by atoms with Gasteiger partial charge in [-0.1, -0.05) is 42.5 Å². The van der Waals surface area contributed by atoms with E-state index in [-0.39, 0.29) is 22.1 Å². The third-order valence-electron chi connectivity index (χ3n) is 5.53. The summed E-state index contributed by atoms with van der Waals surface area (Å²) in [5.74, 6) is 1.55. The maximum absolute atomic E-state index is 10.8. The highest BCUT2D eigenvalue weighted by Crippen LogP contribution is 2.21. The second-order valence-electron chi connectivity index (χ2n) is 8.40. The molecule has 0 saturated heterocycles. The van der Waals surface area contributed by atoms with Crippen LogP contribution in [0.25, 0.3) is 10.9 Å². The number of carbonyl (C=O) groups excluding carboxylic acids is 3. The fourth-order valence-corrected chi connectivity index (χ4v) is 4.12. The Morgan fingerprint density at radius 1 is 0.718 bits per heavy atom. The number of hydrogen-bond donors (Lipinski definition) is 0. The molecule has 0 radical (unpaired) electrons. The monoisotopic (exact) mass is 589 g/mol. The van der Waals surface area contributed by atoms with Gasteiger partial charge in [-0.3, -0.25) is 14.4 Å². The van der Waals surface area contributed by atoms with E-state index in [0.717, 1.165) is 39.1 Å². The van der Waals surface area contributed by atoms with Crippen LogP contribution in [0.2, 0.25) is 0 Å². The molecule has 3 aromatic carbocycles. The average Bonchev–Trinajstić information content (AvgIpc) is 3.22. The molecule has 0 spiro atoms. The molecule has 0 aliphatic rings. The van der Waals surface area contributed by atoms with Crippen molar-refractivity contribution in [3.8, 4) is 11.5 Å². The van der Waals surface area contributed by atoms with Crippen molar-refractivity contribution in [3.05, 3.63) is 95.7 Å². The fourth-order valence-electron chi connectivity index (χ4n) is 3.73. The first-order valence-corrected chi connectivity index (χ1v) is 13.1. The molecule has 0 saturated carbocycles. The lowest BCUT2D eigenvalue weighted by atomic mass is 10.1. The Bertz CT molecular complexity index is 1400. The first kappa shape index (κ1) is 31.9. The third kappa shape index (κ3) is 11.5. The maximum Gasteiger partial charge on any atom is 0.226 e. The molecule has 4 rings (SSSR count). The molecule has 4 aromatic rings. The normalized spacial score (nSPS) is 10.0. The zero-order chi connectivity index (χ0) is 28.8. The summed E-state index contributed by atoms with van der Waals surface area (Å²) in [6, 6.07) is 22.9. The van der Waals surface area contributed by atoms with Gasteiger partial charge in [-0.25, -0.2) is 0 Å². The lowest BCUT2D eigenvalue weighted by Gasteiger charge is -2.02. The number of carbonyl (C=O) groups is 3. The van der Waals surface area contributed by atoms with E-state index in [4.69, 9.17) is 44.3 Å². The van der Waals surface area contributed by atoms with Crippen LogP contribution in [0.5, 0.6) is 11.5 Å². The molecule has 0 bridgehead atoms. The largest absolute Gasteiger partial charge is 0.497 e. The van der Waals surface area contributed by atoms with E-state index in [1.165, 1.54) is 0 Å². The van der Waals surface area contributed by atoms with Gasteiger partial charge >= 0.3 is 0 Å². The zero-order valence-corrected chi connectivity index (χ0v) is 24.2. The fraction of sp³-hybridized carbons (Fsp3) is 0.233. The smallest absolute Gasteiger partial charge is 0.226 e. The zero-order valence-electron chi connectivity index (χ0n) is 22.0. The molecule has 9 heteroatoms. The minimum absolute atomic E-state index is 0.249. The van der Waals surface area contributed by atoms with E-state index in [2.05, 4.69) is 0 Å². The molecular formula is C30H30Cl3NO5. The first-order valence-electron chi connectivity index (χ1n) is 12.0. The highest BCUT2D eigenvalue weighted by molar-refractivity contribution is 6.64. The molecule has 39 heavy (non-hydrogen) atoms. The summed E-state index contributed by atoms with van der Waals surface area (Å²) in [7, 11) is 5.16. The number of ether oxygens (including phenoxy) is 2. The van der Waals surface area contributed by atoms with Crippen LogP contribution in [-0.4, -0.2) is 34.5 Å². The lowest BCUT2D eigenvalue weighted by molar-refractivity contribution is -0.112. The van der Waals surface area contributed by atoms with Gasteiger partial charge in [0.25, 0.3) is 0 Å². The first-order chi connectivity index (χ1) is 18.6. The Morgan fingerprint density at radius 2 is 1.28 bits per heavy atom. The summed E-state index contributed by atoms with van der Waals surface area (Å²) in [4.78, 5) is 31.9. The number of halogens is 3. The number of fused-ring (bicyclic) bond motifs is 1. The minimum Gasteiger partial charge on any atom is -0.497 e. The second-order valence-corrected chi connectivity index (χ2v) is 9.67. The van der Waals surface area contributed by atoms with Crippen molar-refractivity contribution in [1.82, 2.24) is 4.57 Å². The molecule has 0 fully saturated rings. The van der Waals surface area contributed by atoms with E-state index in [1.807, 2.05) is 84.5 Å². The van der Waals surface area contributed by atoms with Crippen LogP contribution in [0, 0.1) is 0 Å². The van der Waals surface area contributed by atoms with Crippen molar-refractivity contribution < 1.29 is 23.9 Å². The van der Waals surface area contributed by atoms with Gasteiger partial charge in [-0.05, 0) is 88.2 Å². The number of methoxy groups -OCH3 is 2. The van der Waals surface area contributed by atoms with Crippen molar-refractivity contribution in [3.63, 3.8) is 0 Å². The van der Waals surface area contributed by atoms with Gasteiger partial charge in [-0.15, -0.1) is 0 Å². The van der Waals surface area contributed by atoms with Crippen LogP contribution in [-0.2, 0) is 40.7 Å². The predicted molar refractivity (Wildman–Crippen MR) is 157 cm³/mol. The summed E-state index contributed by atoms with van der Waals surface area (Å²) in [6.07, 6.45) is 3.53. The van der Waals surface area contributed by atoms with Gasteiger partial charge < -0.3 is 14.0 Å². The summed E-state index contributed by atoms with van der Waals surface area (Å²) < 4.78 is 12.0. The molecule has 1 heterocycles. The highest BCUT2D eigenvalue weighted by atomic mass is 35.5. The Labute approximate surface area is 243 Å². The van der Waals surface area contributed by atoms with Crippen LogP contribution < -0.4 is 9.47 Å². The standard InChI is InChI=1S/C11H10ClNO.C10H11ClO2.C9H9ClO2/c1-13-7-8(6-11(12)14)9-4-2-3-5-10(9)13;1-13-9-4-2-3-8(7-9)5-6-10(11)12;1-12-8-4-2-3-7(5-8)6-9(10)11/h2-5,7H,6H2,1H3;2-4,7H,5-6H2,1H3;2-5H,6H2,1H3. The Kier molecular flexibility index (Phi) is 13.6. The van der Waals surface area contributed by atoms with Crippen molar-refractivity contribution in [2.45, 2.75) is 25.7 Å². The molecule has 0 amide bonds. The van der Waals surface area contributed by atoms with Gasteiger partial charge in [0, 0.05) is 43.4 Å². The number of aryl methyl sites for hydroxylation is 2. The number of hydrogen-bond acceptors (Lipinski definition) is 5. The van der Waals surface area contributed by atoms with Crippen molar-refractivity contribution in [2.75, 3.05) is 14.2 Å². The molecule has 0 N–H and O–H groups in total. The number of para-hydroxylation sites is 1. The van der Waals surface area contributed by atoms with Gasteiger partial charge in [-0.2, -0.15) is 0 Å². The average molecular weight is 591 g/mol. The van der Waals surface area contributed by atoms with Crippen LogP contribution >= 0.6 is 34.8 Å². The predicted octanol–water partition coefficient (Wildman–Crippen LogP) is 6.88. The Morgan fingerprint density at radius 3 is 1.85 bits per heavy atom. The van der Waals surface area contributed by atoms with E-state index < -0.39 is 0 Å². The van der Waals surface area contributed by atoms with Gasteiger partial charge in [0.15, 0.2) is 0 Å². The number of aromatic nitrogens is 1. The summed E-state index contributed by atoms with van der Waals surface area (Å²) >= 11 is 15.8. The van der Waals surface area contributed by atoms with Gasteiger partial charge in [0.05, 0.1) is 14.2 Å². The van der Waals surface area contributed by atoms with Crippen LogP contribution in [0.4, 0.5) is 0 Å². The van der Waals surface area contributed by atoms with Crippen LogP contribution in [0.15, 0.2) is 79.0 Å². The van der Waals surface area contributed by atoms with Gasteiger partial charge in [0.1, 0.15) is 11.5 Å². The molecular weight excluding hydrogens is 561 g/mol. The topological polar surface area (TPSA) is 74.6 Å². The SMILES string of the molecule is COc1cccc(CC(=O)Cl)c1.COc1cccc(CCC(=O)Cl)c1.Cn1cc(CC(=O)Cl)c2ccccc21. The highest BCUT2D eigenvalue weighted by Gasteiger charge is 2.08. The van der Waals surface area contributed by atoms with Crippen molar-refractivity contribution in [2.24, 2.45) is 7.05 Å². The van der Waals surface area contributed by atoms with Crippen molar-refractivity contribution >= 4 is 61.4 Å². The number of nitrogens with zero attached hydrogens (tertiary/aromatic N) is 1. The molecule has 206 valence electrons. The second kappa shape index (κ2) is 16.6. The quantitative estimate of drug-likeness (QED) is 0.199. The van der Waals surface area contributed by atoms with E-state index in [0.29, 0.717) is 19.3 Å². The number of benzene rings is 3. The van der Waals surface area contributed by atoms with E-state index >= 15 is 0 Å². The summed E-state index contributed by atoms with van der Waals surface area (Å²) in [6.45, 7) is 0. The molecule has 0 atom stereocenters. The van der Waals surface area contributed by atoms with Crippen LogP contribution in [0.3, 0.4) is 0 Å². The molecule has 0 aliphatic heterocycles. The lowest BCUT2D eigenvalue weighted by Crippen LogP contribution is -1.93. The molecule has 0 unspecified atom stereocenters. The minimum atomic E-state index is -0.358. The number of rotatable bonds is 9. The summed E-state index contributed by atoms with van der Waals surface area (Å²) in [5.41, 5.74) is 4.05. The summed E-state index contributed by atoms with van der Waals surface area (Å²) in [5, 5.41) is 0.122. The van der Waals surface area contributed by atoms with Crippen molar-refractivity contribution in [1.29, 1.82) is 0 Å². The molecule has 6 nitrogen and oxygen atoms in total. The Balaban J connectivity index is 0.000000206. The third-order valence-corrected chi connectivity index (χ3v) is 5.99. The van der Waals surface area contributed by atoms with E-state index in [1.54, 1.807) is 20.3 Å². The van der Waals surface area contributed by atoms with Crippen LogP contribution in [0.1, 0.15) is 23.1 Å². The van der Waals surface area contributed by atoms with Gasteiger partial charge in [0.2, 0.25) is 15.7 Å². The van der Waals surface area contributed by atoms with E-state index in [9.17, 15) is 14.4 Å². The molecule has 0 aliphatic carbocycles. The maximum atomic E-state index is 10.8.